The molecule has 0 bridgehead atoms. The van der Waals surface area contributed by atoms with E-state index in [2.05, 4.69) is 10.0 Å². The Balaban J connectivity index is 1.93. The smallest absolute Gasteiger partial charge is 0.242 e. The lowest BCUT2D eigenvalue weighted by Gasteiger charge is -2.09. The van der Waals surface area contributed by atoms with E-state index in [4.69, 9.17) is 5.73 Å². The van der Waals surface area contributed by atoms with Crippen molar-refractivity contribution in [3.05, 3.63) is 24.0 Å². The van der Waals surface area contributed by atoms with Gasteiger partial charge in [-0.1, -0.05) is 6.07 Å². The highest BCUT2D eigenvalue weighted by molar-refractivity contribution is 7.89. The molecule has 1 aliphatic carbocycles. The lowest BCUT2D eigenvalue weighted by molar-refractivity contribution is -0.121. The highest BCUT2D eigenvalue weighted by Gasteiger charge is 2.23. The summed E-state index contributed by atoms with van der Waals surface area (Å²) in [4.78, 5) is 11.1. The van der Waals surface area contributed by atoms with Crippen molar-refractivity contribution >= 4 is 21.6 Å². The van der Waals surface area contributed by atoms with Crippen molar-refractivity contribution in [1.82, 2.24) is 10.0 Å². The first kappa shape index (κ1) is 14.7. The first-order valence-corrected chi connectivity index (χ1v) is 7.71. The van der Waals surface area contributed by atoms with E-state index in [1.165, 1.54) is 12.1 Å². The van der Waals surface area contributed by atoms with Gasteiger partial charge in [-0.05, 0) is 25.0 Å². The fourth-order valence-electron chi connectivity index (χ4n) is 1.66. The number of hydrogen-bond donors (Lipinski definition) is 3. The van der Waals surface area contributed by atoms with E-state index >= 15 is 0 Å². The maximum absolute atomic E-state index is 13.2. The summed E-state index contributed by atoms with van der Waals surface area (Å²) in [6, 6.07) is 3.79. The number of anilines is 1. The van der Waals surface area contributed by atoms with Crippen LogP contribution in [0.25, 0.3) is 0 Å². The second-order valence-corrected chi connectivity index (χ2v) is 6.38. The third-order valence-electron chi connectivity index (χ3n) is 2.89. The Kier molecular flexibility index (Phi) is 4.24. The number of rotatable bonds is 6. The molecule has 0 spiro atoms. The maximum atomic E-state index is 13.2. The lowest BCUT2D eigenvalue weighted by Crippen LogP contribution is -2.32. The number of halogens is 1. The van der Waals surface area contributed by atoms with Crippen LogP contribution in [0.4, 0.5) is 10.1 Å². The molecule has 4 N–H and O–H groups in total. The zero-order chi connectivity index (χ0) is 14.8. The summed E-state index contributed by atoms with van der Waals surface area (Å²) in [5.74, 6) is -0.998. The normalized spacial score (nSPS) is 15.1. The fourth-order valence-corrected chi connectivity index (χ4v) is 2.83. The van der Waals surface area contributed by atoms with Crippen molar-refractivity contribution in [3.8, 4) is 0 Å². The van der Waals surface area contributed by atoms with E-state index in [0.29, 0.717) is 0 Å². The van der Waals surface area contributed by atoms with Gasteiger partial charge in [-0.3, -0.25) is 4.79 Å². The predicted octanol–water partition coefficient (Wildman–Crippen LogP) is 0.355. The fraction of sp³-hybridized carbons (Fsp3) is 0.417. The van der Waals surface area contributed by atoms with Gasteiger partial charge >= 0.3 is 0 Å². The summed E-state index contributed by atoms with van der Waals surface area (Å²) >= 11 is 0. The van der Waals surface area contributed by atoms with E-state index in [9.17, 15) is 17.6 Å². The first-order chi connectivity index (χ1) is 9.40. The number of benzene rings is 1. The number of nitrogens with two attached hydrogens (primary N) is 1. The minimum atomic E-state index is -3.92. The molecule has 0 aliphatic heterocycles. The van der Waals surface area contributed by atoms with Crippen molar-refractivity contribution in [2.45, 2.75) is 30.2 Å². The third-order valence-corrected chi connectivity index (χ3v) is 4.41. The number of amides is 1. The maximum Gasteiger partial charge on any atom is 0.242 e. The molecule has 6 nitrogen and oxygen atoms in total. The highest BCUT2D eigenvalue weighted by atomic mass is 32.2. The molecule has 1 aromatic carbocycles. The van der Waals surface area contributed by atoms with Gasteiger partial charge < -0.3 is 11.1 Å². The van der Waals surface area contributed by atoms with Crippen molar-refractivity contribution < 1.29 is 17.6 Å². The monoisotopic (exact) mass is 301 g/mol. The molecule has 2 rings (SSSR count). The second kappa shape index (κ2) is 5.76. The van der Waals surface area contributed by atoms with Crippen LogP contribution in [0.2, 0.25) is 0 Å². The van der Waals surface area contributed by atoms with Crippen molar-refractivity contribution in [2.24, 2.45) is 0 Å². The summed E-state index contributed by atoms with van der Waals surface area (Å²) in [6.45, 7) is -0.0587. The number of carbonyl (C=O) groups excluding carboxylic acids is 1. The summed E-state index contributed by atoms with van der Waals surface area (Å²) in [6.07, 6.45) is 1.97. The van der Waals surface area contributed by atoms with Gasteiger partial charge in [0.1, 0.15) is 10.7 Å². The molecule has 8 heteroatoms. The van der Waals surface area contributed by atoms with Gasteiger partial charge in [0.05, 0.1) is 5.69 Å². The van der Waals surface area contributed by atoms with Gasteiger partial charge in [0.25, 0.3) is 0 Å². The molecule has 0 radical (unpaired) electrons. The van der Waals surface area contributed by atoms with Crippen LogP contribution in [0.1, 0.15) is 19.3 Å². The van der Waals surface area contributed by atoms with Gasteiger partial charge in [0, 0.05) is 19.0 Å². The number of nitrogens with one attached hydrogen (secondary N) is 2. The second-order valence-electron chi connectivity index (χ2n) is 4.64. The van der Waals surface area contributed by atoms with Crippen molar-refractivity contribution in [3.63, 3.8) is 0 Å². The number of hydrogen-bond acceptors (Lipinski definition) is 4. The van der Waals surface area contributed by atoms with E-state index in [-0.39, 0.29) is 29.8 Å². The molecule has 20 heavy (non-hydrogen) atoms. The molecule has 1 amide bonds. The molecule has 1 saturated carbocycles. The van der Waals surface area contributed by atoms with Crippen LogP contribution in [-0.4, -0.2) is 26.9 Å². The molecule has 1 aromatic rings. The van der Waals surface area contributed by atoms with Crippen LogP contribution < -0.4 is 15.8 Å². The van der Waals surface area contributed by atoms with Crippen LogP contribution in [0, 0.1) is 5.82 Å². The van der Waals surface area contributed by atoms with Gasteiger partial charge in [-0.25, -0.2) is 17.5 Å². The Bertz CT molecular complexity index is 614. The lowest BCUT2D eigenvalue weighted by atomic mass is 10.3. The highest BCUT2D eigenvalue weighted by Crippen LogP contribution is 2.21. The zero-order valence-corrected chi connectivity index (χ0v) is 11.5. The first-order valence-electron chi connectivity index (χ1n) is 6.23. The van der Waals surface area contributed by atoms with Crippen LogP contribution in [0.5, 0.6) is 0 Å². The molecular formula is C12H16FN3O3S. The minimum absolute atomic E-state index is 0.0327. The Morgan fingerprint density at radius 2 is 2.10 bits per heavy atom. The molecule has 0 heterocycles. The molecule has 1 aliphatic rings. The Hall–Kier alpha value is -1.67. The molecule has 1 fully saturated rings. The molecule has 0 atom stereocenters. The standard InChI is InChI=1S/C12H16FN3O3S/c13-9-2-1-3-10(12(9)14)20(18,19)15-7-6-11(17)16-8-4-5-8/h1-3,8,15H,4-7,14H2,(H,16,17). The van der Waals surface area contributed by atoms with Gasteiger partial charge in [0.2, 0.25) is 15.9 Å². The third kappa shape index (κ3) is 3.67. The van der Waals surface area contributed by atoms with Gasteiger partial charge in [-0.2, -0.15) is 0 Å². The molecular weight excluding hydrogens is 285 g/mol. The number of carbonyl (C=O) groups is 1. The molecule has 110 valence electrons. The molecule has 0 saturated heterocycles. The molecule has 0 aromatic heterocycles. The van der Waals surface area contributed by atoms with E-state index < -0.39 is 21.5 Å². The summed E-state index contributed by atoms with van der Waals surface area (Å²) in [7, 11) is -3.92. The van der Waals surface area contributed by atoms with E-state index in [1.807, 2.05) is 0 Å². The topological polar surface area (TPSA) is 101 Å². The average Bonchev–Trinajstić information content (AvgIpc) is 3.16. The average molecular weight is 301 g/mol. The SMILES string of the molecule is Nc1c(F)cccc1S(=O)(=O)NCCC(=O)NC1CC1. The summed E-state index contributed by atoms with van der Waals surface area (Å²) < 4.78 is 39.3. The van der Waals surface area contributed by atoms with Crippen LogP contribution >= 0.6 is 0 Å². The van der Waals surface area contributed by atoms with E-state index in [0.717, 1.165) is 18.9 Å². The number of nitrogen functional groups attached to an aromatic ring is 1. The quantitative estimate of drug-likeness (QED) is 0.660. The van der Waals surface area contributed by atoms with Crippen molar-refractivity contribution in [1.29, 1.82) is 0 Å². The summed E-state index contributed by atoms with van der Waals surface area (Å²) in [5, 5.41) is 2.74. The van der Waals surface area contributed by atoms with Gasteiger partial charge in [-0.15, -0.1) is 0 Å². The minimum Gasteiger partial charge on any atom is -0.395 e. The number of para-hydroxylation sites is 1. The zero-order valence-electron chi connectivity index (χ0n) is 10.7. The predicted molar refractivity (Wildman–Crippen MR) is 71.8 cm³/mol. The largest absolute Gasteiger partial charge is 0.395 e. The van der Waals surface area contributed by atoms with Crippen LogP contribution in [-0.2, 0) is 14.8 Å². The summed E-state index contributed by atoms with van der Waals surface area (Å²) in [5.41, 5.74) is 4.97. The van der Waals surface area contributed by atoms with Gasteiger partial charge in [0.15, 0.2) is 0 Å². The van der Waals surface area contributed by atoms with Crippen molar-refractivity contribution in [2.75, 3.05) is 12.3 Å². The Morgan fingerprint density at radius 3 is 2.75 bits per heavy atom. The Labute approximate surface area is 116 Å². The number of sulfonamides is 1. The van der Waals surface area contributed by atoms with E-state index in [1.54, 1.807) is 0 Å². The van der Waals surface area contributed by atoms with Crippen LogP contribution in [0.15, 0.2) is 23.1 Å². The molecule has 0 unspecified atom stereocenters. The Morgan fingerprint density at radius 1 is 1.40 bits per heavy atom. The van der Waals surface area contributed by atoms with Crippen LogP contribution in [0.3, 0.4) is 0 Å².